The van der Waals surface area contributed by atoms with Gasteiger partial charge in [-0.3, -0.25) is 9.80 Å². The van der Waals surface area contributed by atoms with E-state index in [1.165, 1.54) is 12.8 Å². The normalized spacial score (nSPS) is 21.7. The number of hydrogen-bond acceptors (Lipinski definition) is 2. The van der Waals surface area contributed by atoms with Gasteiger partial charge in [0.15, 0.2) is 0 Å². The van der Waals surface area contributed by atoms with E-state index in [-0.39, 0.29) is 0 Å². The Labute approximate surface area is 195 Å². The lowest BCUT2D eigenvalue weighted by Crippen LogP contribution is -2.37. The van der Waals surface area contributed by atoms with Crippen molar-refractivity contribution >= 4 is 8.07 Å². The first-order chi connectivity index (χ1) is 14.4. The smallest absolute Gasteiger partial charge is 0.0699 e. The number of nitrogens with zero attached hydrogens (tertiary/aromatic N) is 2. The molecule has 0 heterocycles. The highest BCUT2D eigenvalue weighted by atomic mass is 28.3. The van der Waals surface area contributed by atoms with Crippen LogP contribution in [0.3, 0.4) is 0 Å². The van der Waals surface area contributed by atoms with Crippen molar-refractivity contribution in [3.8, 4) is 0 Å². The second-order valence-electron chi connectivity index (χ2n) is 11.4. The van der Waals surface area contributed by atoms with Gasteiger partial charge in [0.1, 0.15) is 0 Å². The van der Waals surface area contributed by atoms with Gasteiger partial charge in [-0.05, 0) is 79.3 Å². The van der Waals surface area contributed by atoms with Crippen LogP contribution in [0.4, 0.5) is 0 Å². The Bertz CT molecular complexity index is 620. The van der Waals surface area contributed by atoms with Crippen molar-refractivity contribution in [2.24, 2.45) is 0 Å². The summed E-state index contributed by atoms with van der Waals surface area (Å²) in [5.41, 5.74) is 4.41. The van der Waals surface area contributed by atoms with Crippen molar-refractivity contribution in [2.45, 2.75) is 117 Å². The van der Waals surface area contributed by atoms with E-state index >= 15 is 0 Å². The Kier molecular flexibility index (Phi) is 9.60. The zero-order valence-corrected chi connectivity index (χ0v) is 23.2. The zero-order valence-electron chi connectivity index (χ0n) is 22.2. The maximum absolute atomic E-state index is 2.61. The summed E-state index contributed by atoms with van der Waals surface area (Å²) in [5.74, 6) is 0. The Morgan fingerprint density at radius 2 is 0.968 bits per heavy atom. The third-order valence-electron chi connectivity index (χ3n) is 7.51. The topological polar surface area (TPSA) is 6.48 Å². The first kappa shape index (κ1) is 26.4. The highest BCUT2D eigenvalue weighted by molar-refractivity contribution is 6.82. The lowest BCUT2D eigenvalue weighted by Gasteiger charge is -2.32. The van der Waals surface area contributed by atoms with Gasteiger partial charge < -0.3 is 0 Å². The average Bonchev–Trinajstić information content (AvgIpc) is 3.31. The molecule has 0 aliphatic heterocycles. The van der Waals surface area contributed by atoms with Crippen LogP contribution in [0.15, 0.2) is 47.6 Å². The van der Waals surface area contributed by atoms with Crippen LogP contribution >= 0.6 is 0 Å². The predicted octanol–water partition coefficient (Wildman–Crippen LogP) is 7.45. The molecule has 0 aromatic carbocycles. The molecule has 31 heavy (non-hydrogen) atoms. The molecule has 2 atom stereocenters. The van der Waals surface area contributed by atoms with Crippen molar-refractivity contribution in [3.05, 3.63) is 47.6 Å². The summed E-state index contributed by atoms with van der Waals surface area (Å²) in [6.07, 6.45) is 17.4. The van der Waals surface area contributed by atoms with Gasteiger partial charge in [0.25, 0.3) is 0 Å². The van der Waals surface area contributed by atoms with E-state index in [1.54, 1.807) is 11.1 Å². The molecule has 0 bridgehead atoms. The van der Waals surface area contributed by atoms with E-state index in [9.17, 15) is 0 Å². The van der Waals surface area contributed by atoms with E-state index in [0.717, 1.165) is 13.1 Å². The Hall–Kier alpha value is -0.903. The minimum atomic E-state index is -1.47. The number of hydrogen-bond donors (Lipinski definition) is 0. The third kappa shape index (κ3) is 7.04. The molecule has 0 radical (unpaired) electrons. The van der Waals surface area contributed by atoms with Crippen molar-refractivity contribution in [1.29, 1.82) is 0 Å². The van der Waals surface area contributed by atoms with Gasteiger partial charge in [-0.2, -0.15) is 0 Å². The molecule has 176 valence electrons. The lowest BCUT2D eigenvalue weighted by molar-refractivity contribution is 0.177. The van der Waals surface area contributed by atoms with Gasteiger partial charge >= 0.3 is 0 Å². The van der Waals surface area contributed by atoms with Gasteiger partial charge in [-0.25, -0.2) is 0 Å². The second kappa shape index (κ2) is 11.3. The third-order valence-corrected chi connectivity index (χ3v) is 11.7. The molecule has 0 aromatic rings. The average molecular weight is 443 g/mol. The SMILES string of the molecule is CC(C)N(CCC1=CC([Si](C)(C)C2C=CC(CCN(C(C)C)C(C)C)=C2)C=C1)C(C)C. The van der Waals surface area contributed by atoms with Crippen LogP contribution < -0.4 is 0 Å². The fourth-order valence-electron chi connectivity index (χ4n) is 5.36. The molecule has 0 saturated carbocycles. The fourth-order valence-corrected chi connectivity index (χ4v) is 8.28. The first-order valence-electron chi connectivity index (χ1n) is 12.7. The monoisotopic (exact) mass is 442 g/mol. The van der Waals surface area contributed by atoms with Gasteiger partial charge in [0, 0.05) is 37.3 Å². The molecule has 2 rings (SSSR count). The maximum Gasteiger partial charge on any atom is 0.0699 e. The zero-order chi connectivity index (χ0) is 23.3. The molecule has 2 nitrogen and oxygen atoms in total. The van der Waals surface area contributed by atoms with Crippen LogP contribution in [0.1, 0.15) is 68.2 Å². The van der Waals surface area contributed by atoms with Crippen LogP contribution in [-0.4, -0.2) is 55.1 Å². The number of allylic oxidation sites excluding steroid dienone is 6. The minimum Gasteiger partial charge on any atom is -0.298 e. The van der Waals surface area contributed by atoms with E-state index < -0.39 is 8.07 Å². The van der Waals surface area contributed by atoms with Gasteiger partial charge in [-0.15, -0.1) is 0 Å². The second-order valence-corrected chi connectivity index (χ2v) is 16.4. The summed E-state index contributed by atoms with van der Waals surface area (Å²) >= 11 is 0. The largest absolute Gasteiger partial charge is 0.298 e. The molecule has 0 fully saturated rings. The molecule has 0 saturated heterocycles. The van der Waals surface area contributed by atoms with Crippen molar-refractivity contribution in [3.63, 3.8) is 0 Å². The first-order valence-corrected chi connectivity index (χ1v) is 15.9. The van der Waals surface area contributed by atoms with E-state index in [0.29, 0.717) is 35.2 Å². The van der Waals surface area contributed by atoms with Crippen LogP contribution in [0.25, 0.3) is 0 Å². The predicted molar refractivity (Wildman–Crippen MR) is 143 cm³/mol. The van der Waals surface area contributed by atoms with E-state index in [4.69, 9.17) is 0 Å². The minimum absolute atomic E-state index is 0.613. The molecule has 2 unspecified atom stereocenters. The Balaban J connectivity index is 1.96. The van der Waals surface area contributed by atoms with Crippen LogP contribution in [0, 0.1) is 0 Å². The van der Waals surface area contributed by atoms with E-state index in [1.807, 2.05) is 0 Å². The quantitative estimate of drug-likeness (QED) is 0.290. The lowest BCUT2D eigenvalue weighted by atomic mass is 10.1. The van der Waals surface area contributed by atoms with Crippen molar-refractivity contribution in [1.82, 2.24) is 9.80 Å². The molecule has 0 aromatic heterocycles. The van der Waals surface area contributed by atoms with Gasteiger partial charge in [0.05, 0.1) is 8.07 Å². The molecule has 3 heteroatoms. The molecule has 0 amide bonds. The van der Waals surface area contributed by atoms with Gasteiger partial charge in [-0.1, -0.05) is 60.7 Å². The standard InChI is InChI=1S/C28H50N2Si/c1-21(2)29(22(3)4)17-15-25-11-13-27(19-25)31(9,10)28-14-12-26(20-28)16-18-30(23(5)6)24(7)8/h11-14,19-24,27-28H,15-18H2,1-10H3. The summed E-state index contributed by atoms with van der Waals surface area (Å²) in [4.78, 5) is 5.22. The summed E-state index contributed by atoms with van der Waals surface area (Å²) in [5, 5.41) is 0. The molecular formula is C28H50N2Si. The van der Waals surface area contributed by atoms with Gasteiger partial charge in [0.2, 0.25) is 0 Å². The molecular weight excluding hydrogens is 392 g/mol. The summed E-state index contributed by atoms with van der Waals surface area (Å²) in [7, 11) is -1.47. The highest BCUT2D eigenvalue weighted by Gasteiger charge is 2.37. The van der Waals surface area contributed by atoms with Crippen LogP contribution in [0.2, 0.25) is 24.2 Å². The van der Waals surface area contributed by atoms with Crippen molar-refractivity contribution < 1.29 is 0 Å². The number of rotatable bonds is 12. The van der Waals surface area contributed by atoms with Crippen LogP contribution in [-0.2, 0) is 0 Å². The molecule has 2 aliphatic rings. The summed E-state index contributed by atoms with van der Waals surface area (Å²) in [6, 6.07) is 2.45. The molecule has 0 spiro atoms. The van der Waals surface area contributed by atoms with Crippen molar-refractivity contribution in [2.75, 3.05) is 13.1 Å². The van der Waals surface area contributed by atoms with Crippen LogP contribution in [0.5, 0.6) is 0 Å². The Morgan fingerprint density at radius 1 is 0.645 bits per heavy atom. The molecule has 2 aliphatic carbocycles. The summed E-state index contributed by atoms with van der Waals surface area (Å²) < 4.78 is 0. The van der Waals surface area contributed by atoms with E-state index in [2.05, 4.69) is 115 Å². The summed E-state index contributed by atoms with van der Waals surface area (Å²) in [6.45, 7) is 26.0. The fraction of sp³-hybridized carbons (Fsp3) is 0.714. The Morgan fingerprint density at radius 3 is 1.26 bits per heavy atom. The molecule has 0 N–H and O–H groups in total. The highest BCUT2D eigenvalue weighted by Crippen LogP contribution is 2.43. The maximum atomic E-state index is 2.61.